The topological polar surface area (TPSA) is 339 Å². The number of carbonyl (C=O) groups is 4. The zero-order valence-corrected chi connectivity index (χ0v) is 66.4. The second-order valence-electron chi connectivity index (χ2n) is 31.0. The van der Waals surface area contributed by atoms with Crippen molar-refractivity contribution in [2.45, 2.75) is 144 Å². The Kier molecular flexibility index (Phi) is 27.3. The molecule has 24 nitrogen and oxygen atoms in total. The van der Waals surface area contributed by atoms with E-state index in [1.807, 2.05) is 81.2 Å². The third kappa shape index (κ3) is 23.2. The number of hydrogen-bond donors (Lipinski definition) is 6. The Balaban J connectivity index is 0.000000179. The minimum absolute atomic E-state index is 0.0179. The number of benzene rings is 2. The van der Waals surface area contributed by atoms with Crippen molar-refractivity contribution in [3.63, 3.8) is 0 Å². The summed E-state index contributed by atoms with van der Waals surface area (Å²) in [7, 11) is 5.03. The molecule has 13 aromatic rings. The molecule has 11 heterocycles. The molecule has 0 saturated heterocycles. The third-order valence-electron chi connectivity index (χ3n) is 17.3. The summed E-state index contributed by atoms with van der Waals surface area (Å²) in [5.41, 5.74) is 20.2. The largest absolute Gasteiger partial charge is 0.477 e. The number of carbonyl (C=O) groups excluding carboxylic acids is 2. The van der Waals surface area contributed by atoms with Crippen LogP contribution in [0.25, 0.3) is 67.4 Å². The fraction of sp³-hybridized carbons (Fsp3) is 0.298. The van der Waals surface area contributed by atoms with Gasteiger partial charge in [-0.25, -0.2) is 63.0 Å². The maximum Gasteiger partial charge on any atom is 0.356 e. The van der Waals surface area contributed by atoms with E-state index in [2.05, 4.69) is 179 Å². The molecular formula is C84H94ClF2N17O7. The number of aromatic amines is 2. The monoisotopic (exact) mass is 1530 g/mol. The number of amides is 1. The predicted octanol–water partition coefficient (Wildman–Crippen LogP) is 16.8. The van der Waals surface area contributed by atoms with Gasteiger partial charge in [-0.1, -0.05) is 170 Å². The number of nitrogens with zero attached hydrogens (tertiary/aromatic N) is 13. The number of carboxylic acids is 2. The van der Waals surface area contributed by atoms with E-state index in [0.717, 1.165) is 55.6 Å². The smallest absolute Gasteiger partial charge is 0.356 e. The molecule has 27 heteroatoms. The van der Waals surface area contributed by atoms with Crippen molar-refractivity contribution >= 4 is 57.7 Å². The van der Waals surface area contributed by atoms with Crippen LogP contribution in [0.15, 0.2) is 177 Å². The fourth-order valence-electron chi connectivity index (χ4n) is 10.5. The van der Waals surface area contributed by atoms with Gasteiger partial charge >= 0.3 is 17.9 Å². The number of fused-ring (bicyclic) bond motifs is 2. The number of pyridine rings is 7. The first-order chi connectivity index (χ1) is 52.1. The number of nitrogens with two attached hydrogens (primary N) is 1. The molecule has 0 radical (unpaired) electrons. The number of carboxylic acid groups (broad SMARTS) is 2. The van der Waals surface area contributed by atoms with Crippen molar-refractivity contribution in [1.29, 1.82) is 0 Å². The Morgan fingerprint density at radius 3 is 1.14 bits per heavy atom. The molecule has 0 fully saturated rings. The SMILES string of the molecule is CC(C)(C)c1ccc(C(=O)O)nc1.CC(C)(C)c1ccc(C(=O)O)nc1.CC(C)(C)c1ccc(Cl)nc1.COC(=O)c1ccc(C(C)(C)C)cn1.Cn1cc(-c2nc3nccc(-c4ccc(CN)c(F)c4)c3[nH]2)cn1.Cn1cc(-c2nc3nccc(-c4ccc(CNC(=O)c5ccc(C(C)(C)C)cn5)c(F)c4)c3[nH]2)cn1. The summed E-state index contributed by atoms with van der Waals surface area (Å²) in [6, 6.07) is 31.3. The number of hydrogen-bond acceptors (Lipinski definition) is 17. The lowest BCUT2D eigenvalue weighted by Crippen LogP contribution is -2.24. The lowest BCUT2D eigenvalue weighted by atomic mass is 9.88. The number of H-pyrrole nitrogens is 2. The first-order valence-electron chi connectivity index (χ1n) is 35.4. The number of aromatic carboxylic acids is 2. The standard InChI is InChI=1S/C27H26FN7O.C17H15FN6.C11H15NO2.2C10H13NO2.C9H12ClN/c1-27(2,3)19-7-8-22(30-14-19)26(36)31-12-17-6-5-16(11-21(17)28)20-9-10-29-25-23(20)33-24(34-25)18-13-32-35(4)15-18;1-24-9-12(8-21-24)16-22-15-13(4-5-20-17(15)23-16)10-2-3-11(7-19)14(18)6-10;1-11(2,3)8-5-6-9(12-7-8)10(13)14-4;2*1-10(2,3)7-4-5-8(9(12)13)11-6-7;1-9(2,3)7-4-5-8(10)11-6-7/h5-11,13-15H,12H2,1-4H3,(H,31,36)(H,29,33,34);2-6,8-9H,7,19H2,1H3,(H,20,22,23);5-7H,1-4H3;2*4-6H,1-3H3,(H,12,13);4-6H,1-3H3. The number of imidazole rings is 2. The molecule has 111 heavy (non-hydrogen) atoms. The summed E-state index contributed by atoms with van der Waals surface area (Å²) in [4.78, 5) is 88.9. The van der Waals surface area contributed by atoms with Crippen LogP contribution in [0, 0.1) is 11.6 Å². The van der Waals surface area contributed by atoms with Crippen molar-refractivity contribution in [3.8, 4) is 45.0 Å². The highest BCUT2D eigenvalue weighted by Crippen LogP contribution is 2.33. The maximum atomic E-state index is 15.0. The van der Waals surface area contributed by atoms with Crippen LogP contribution in [0.3, 0.4) is 0 Å². The maximum absolute atomic E-state index is 15.0. The lowest BCUT2D eigenvalue weighted by Gasteiger charge is -2.18. The number of nitrogens with one attached hydrogen (secondary N) is 3. The second kappa shape index (κ2) is 35.9. The Labute approximate surface area is 648 Å². The second-order valence-corrected chi connectivity index (χ2v) is 31.4. The van der Waals surface area contributed by atoms with Crippen LogP contribution < -0.4 is 11.1 Å². The summed E-state index contributed by atoms with van der Waals surface area (Å²) in [6.07, 6.45) is 19.0. The van der Waals surface area contributed by atoms with Gasteiger partial charge in [0, 0.05) is 105 Å². The average molecular weight is 1530 g/mol. The average Bonchev–Trinajstić information content (AvgIpc) is 1.65. The van der Waals surface area contributed by atoms with Crippen molar-refractivity contribution in [2.24, 2.45) is 19.8 Å². The molecule has 0 spiro atoms. The Morgan fingerprint density at radius 2 is 0.829 bits per heavy atom. The molecule has 0 unspecified atom stereocenters. The van der Waals surface area contributed by atoms with Gasteiger partial charge in [-0.05, 0) is 121 Å². The van der Waals surface area contributed by atoms with Gasteiger partial charge in [0.05, 0.1) is 41.7 Å². The predicted molar refractivity (Wildman–Crippen MR) is 427 cm³/mol. The zero-order valence-electron chi connectivity index (χ0n) is 65.6. The first kappa shape index (κ1) is 84.5. The van der Waals surface area contributed by atoms with Gasteiger partial charge in [-0.15, -0.1) is 0 Å². The molecule has 0 aliphatic heterocycles. The van der Waals surface area contributed by atoms with Gasteiger partial charge in [0.1, 0.15) is 51.2 Å². The molecule has 0 atom stereocenters. The normalized spacial score (nSPS) is 11.4. The highest BCUT2D eigenvalue weighted by atomic mass is 35.5. The highest BCUT2D eigenvalue weighted by Gasteiger charge is 2.22. The van der Waals surface area contributed by atoms with E-state index in [1.165, 1.54) is 36.9 Å². The summed E-state index contributed by atoms with van der Waals surface area (Å²) in [5, 5.41) is 28.9. The summed E-state index contributed by atoms with van der Waals surface area (Å²) >= 11 is 5.65. The van der Waals surface area contributed by atoms with Crippen LogP contribution in [0.4, 0.5) is 8.78 Å². The summed E-state index contributed by atoms with van der Waals surface area (Å²) < 4.78 is 37.1. The van der Waals surface area contributed by atoms with Gasteiger partial charge < -0.3 is 36.0 Å². The van der Waals surface area contributed by atoms with E-state index < -0.39 is 23.7 Å². The molecule has 7 N–H and O–H groups in total. The van der Waals surface area contributed by atoms with Crippen molar-refractivity contribution in [3.05, 3.63) is 256 Å². The molecule has 0 bridgehead atoms. The third-order valence-corrected chi connectivity index (χ3v) is 17.5. The Bertz CT molecular complexity index is 5270. The summed E-state index contributed by atoms with van der Waals surface area (Å²) in [6.45, 7) is 31.6. The van der Waals surface area contributed by atoms with Crippen molar-refractivity contribution in [2.75, 3.05) is 7.11 Å². The molecule has 0 saturated carbocycles. The number of halogens is 3. The lowest BCUT2D eigenvalue weighted by molar-refractivity contribution is 0.0592. The van der Waals surface area contributed by atoms with Gasteiger partial charge in [0.15, 0.2) is 11.3 Å². The number of aromatic nitrogens is 15. The number of rotatable bonds is 11. The minimum Gasteiger partial charge on any atom is -0.477 e. The molecule has 1 amide bonds. The summed E-state index contributed by atoms with van der Waals surface area (Å²) in [5.74, 6) is -2.13. The van der Waals surface area contributed by atoms with Crippen LogP contribution in [0.2, 0.25) is 5.15 Å². The molecular weight excluding hydrogens is 1430 g/mol. The first-order valence-corrected chi connectivity index (χ1v) is 35.8. The van der Waals surface area contributed by atoms with Crippen molar-refractivity contribution < 1.29 is 42.9 Å². The van der Waals surface area contributed by atoms with E-state index in [0.29, 0.717) is 61.7 Å². The quantitative estimate of drug-likeness (QED) is 0.0517. The van der Waals surface area contributed by atoms with Crippen LogP contribution >= 0.6 is 11.6 Å². The van der Waals surface area contributed by atoms with Gasteiger partial charge in [0.2, 0.25) is 0 Å². The molecule has 11 aromatic heterocycles. The van der Waals surface area contributed by atoms with E-state index in [4.69, 9.17) is 27.5 Å². The van der Waals surface area contributed by atoms with Crippen LogP contribution in [-0.2, 0) is 59.0 Å². The number of esters is 1. The van der Waals surface area contributed by atoms with Crippen LogP contribution in [-0.4, -0.2) is 116 Å². The van der Waals surface area contributed by atoms with Crippen LogP contribution in [0.1, 0.15) is 185 Å². The van der Waals surface area contributed by atoms with Crippen molar-refractivity contribution in [1.82, 2.24) is 79.7 Å². The van der Waals surface area contributed by atoms with Gasteiger partial charge in [-0.3, -0.25) is 19.1 Å². The number of ether oxygens (including phenoxy) is 1. The van der Waals surface area contributed by atoms with E-state index in [9.17, 15) is 23.6 Å². The van der Waals surface area contributed by atoms with E-state index in [-0.39, 0.29) is 63.3 Å². The molecule has 0 aliphatic carbocycles. The zero-order chi connectivity index (χ0) is 81.5. The molecule has 13 rings (SSSR count). The molecule has 0 aliphatic rings. The molecule has 578 valence electrons. The van der Waals surface area contributed by atoms with E-state index in [1.54, 1.807) is 95.3 Å². The van der Waals surface area contributed by atoms with Crippen LogP contribution in [0.5, 0.6) is 0 Å². The van der Waals surface area contributed by atoms with E-state index >= 15 is 4.39 Å². The number of aryl methyl sites for hydroxylation is 2. The number of methoxy groups -OCH3 is 1. The van der Waals surface area contributed by atoms with Gasteiger partial charge in [-0.2, -0.15) is 10.2 Å². The fourth-order valence-corrected chi connectivity index (χ4v) is 10.6. The highest BCUT2D eigenvalue weighted by molar-refractivity contribution is 6.29. The Morgan fingerprint density at radius 1 is 0.468 bits per heavy atom. The van der Waals surface area contributed by atoms with Gasteiger partial charge in [0.25, 0.3) is 5.91 Å². The Hall–Kier alpha value is -12.2. The molecule has 2 aromatic carbocycles. The minimum atomic E-state index is -0.986.